The fourth-order valence-corrected chi connectivity index (χ4v) is 3.32. The van der Waals surface area contributed by atoms with Crippen LogP contribution >= 0.6 is 0 Å². The van der Waals surface area contributed by atoms with E-state index in [1.165, 1.54) is 0 Å². The molecule has 8 heteroatoms. The fraction of sp³-hybridized carbons (Fsp3) is 0.538. The SMILES string of the molecule is O=S(=O)(NCC[C@@H]1CCCN1)c1ccc(C(F)(F)F)cc1. The van der Waals surface area contributed by atoms with Gasteiger partial charge in [-0.15, -0.1) is 0 Å². The summed E-state index contributed by atoms with van der Waals surface area (Å²) in [6.45, 7) is 1.21. The van der Waals surface area contributed by atoms with E-state index in [4.69, 9.17) is 0 Å². The van der Waals surface area contributed by atoms with Crippen molar-refractivity contribution in [3.8, 4) is 0 Å². The van der Waals surface area contributed by atoms with Crippen molar-refractivity contribution in [2.45, 2.75) is 36.4 Å². The van der Waals surface area contributed by atoms with Gasteiger partial charge in [-0.2, -0.15) is 13.2 Å². The first-order valence-electron chi connectivity index (χ1n) is 6.69. The molecule has 1 aliphatic heterocycles. The number of hydrogen-bond acceptors (Lipinski definition) is 3. The number of nitrogens with one attached hydrogen (secondary N) is 2. The van der Waals surface area contributed by atoms with Gasteiger partial charge in [-0.3, -0.25) is 0 Å². The van der Waals surface area contributed by atoms with Gasteiger partial charge in [-0.1, -0.05) is 0 Å². The third-order valence-corrected chi connectivity index (χ3v) is 4.92. The Hall–Kier alpha value is -1.12. The predicted molar refractivity (Wildman–Crippen MR) is 72.3 cm³/mol. The molecule has 4 nitrogen and oxygen atoms in total. The molecule has 1 saturated heterocycles. The van der Waals surface area contributed by atoms with E-state index in [-0.39, 0.29) is 11.4 Å². The molecule has 0 radical (unpaired) electrons. The van der Waals surface area contributed by atoms with E-state index in [1.807, 2.05) is 0 Å². The summed E-state index contributed by atoms with van der Waals surface area (Å²) in [5, 5.41) is 3.25. The zero-order valence-corrected chi connectivity index (χ0v) is 12.1. The highest BCUT2D eigenvalue weighted by Gasteiger charge is 2.30. The standard InChI is InChI=1S/C13H17F3N2O2S/c14-13(15,16)10-3-5-12(6-4-10)21(19,20)18-9-7-11-2-1-8-17-11/h3-6,11,17-18H,1-2,7-9H2/t11-/m0/s1. The Bertz CT molecular complexity index is 564. The second kappa shape index (κ2) is 6.33. The fourth-order valence-electron chi connectivity index (χ4n) is 2.28. The van der Waals surface area contributed by atoms with Crippen LogP contribution in [0.3, 0.4) is 0 Å². The summed E-state index contributed by atoms with van der Waals surface area (Å²) in [5.41, 5.74) is -0.864. The highest BCUT2D eigenvalue weighted by molar-refractivity contribution is 7.89. The molecule has 1 fully saturated rings. The lowest BCUT2D eigenvalue weighted by atomic mass is 10.2. The average molecular weight is 322 g/mol. The second-order valence-corrected chi connectivity index (χ2v) is 6.77. The van der Waals surface area contributed by atoms with E-state index >= 15 is 0 Å². The Labute approximate surface area is 121 Å². The molecule has 0 spiro atoms. The number of alkyl halides is 3. The Kier molecular flexibility index (Phi) is 4.90. The van der Waals surface area contributed by atoms with Crippen LogP contribution in [0.4, 0.5) is 13.2 Å². The van der Waals surface area contributed by atoms with E-state index in [9.17, 15) is 21.6 Å². The normalized spacial score (nSPS) is 19.9. The third-order valence-electron chi connectivity index (χ3n) is 3.44. The number of hydrogen-bond donors (Lipinski definition) is 2. The molecule has 2 rings (SSSR count). The first kappa shape index (κ1) is 16.3. The second-order valence-electron chi connectivity index (χ2n) is 5.00. The summed E-state index contributed by atoms with van der Waals surface area (Å²) < 4.78 is 63.6. The van der Waals surface area contributed by atoms with Crippen LogP contribution < -0.4 is 10.0 Å². The summed E-state index contributed by atoms with van der Waals surface area (Å²) in [4.78, 5) is -0.158. The minimum Gasteiger partial charge on any atom is -0.314 e. The van der Waals surface area contributed by atoms with Crippen molar-refractivity contribution in [2.75, 3.05) is 13.1 Å². The van der Waals surface area contributed by atoms with Gasteiger partial charge in [0.05, 0.1) is 10.5 Å². The summed E-state index contributed by atoms with van der Waals surface area (Å²) in [5.74, 6) is 0. The first-order chi connectivity index (χ1) is 9.79. The maximum Gasteiger partial charge on any atom is 0.416 e. The Morgan fingerprint density at radius 1 is 1.24 bits per heavy atom. The zero-order valence-electron chi connectivity index (χ0n) is 11.3. The summed E-state index contributed by atoms with van der Waals surface area (Å²) in [6, 6.07) is 3.79. The van der Waals surface area contributed by atoms with Crippen LogP contribution in [-0.4, -0.2) is 27.5 Å². The molecule has 118 valence electrons. The minimum absolute atomic E-state index is 0.158. The summed E-state index contributed by atoms with van der Waals surface area (Å²) >= 11 is 0. The summed E-state index contributed by atoms with van der Waals surface area (Å²) in [7, 11) is -3.76. The van der Waals surface area contributed by atoms with Crippen LogP contribution in [-0.2, 0) is 16.2 Å². The van der Waals surface area contributed by atoms with Crippen molar-refractivity contribution in [2.24, 2.45) is 0 Å². The molecule has 2 N–H and O–H groups in total. The molecular weight excluding hydrogens is 305 g/mol. The maximum atomic E-state index is 12.4. The molecule has 0 aromatic heterocycles. The van der Waals surface area contributed by atoms with Gasteiger partial charge in [0.15, 0.2) is 0 Å². The average Bonchev–Trinajstić information content (AvgIpc) is 2.91. The molecular formula is C13H17F3N2O2S. The third kappa shape index (κ3) is 4.42. The lowest BCUT2D eigenvalue weighted by molar-refractivity contribution is -0.137. The first-order valence-corrected chi connectivity index (χ1v) is 8.18. The number of halogens is 3. The molecule has 1 aromatic rings. The lowest BCUT2D eigenvalue weighted by Gasteiger charge is -2.12. The van der Waals surface area contributed by atoms with Crippen molar-refractivity contribution in [1.29, 1.82) is 0 Å². The molecule has 1 heterocycles. The smallest absolute Gasteiger partial charge is 0.314 e. The van der Waals surface area contributed by atoms with Crippen LogP contribution in [0.5, 0.6) is 0 Å². The number of rotatable bonds is 5. The molecule has 1 atom stereocenters. The molecule has 1 aromatic carbocycles. The largest absolute Gasteiger partial charge is 0.416 e. The van der Waals surface area contributed by atoms with E-state index in [2.05, 4.69) is 10.0 Å². The number of benzene rings is 1. The van der Waals surface area contributed by atoms with E-state index in [0.717, 1.165) is 43.7 Å². The van der Waals surface area contributed by atoms with Crippen LogP contribution in [0.15, 0.2) is 29.2 Å². The highest BCUT2D eigenvalue weighted by Crippen LogP contribution is 2.29. The van der Waals surface area contributed by atoms with Crippen molar-refractivity contribution in [3.05, 3.63) is 29.8 Å². The summed E-state index contributed by atoms with van der Waals surface area (Å²) in [6.07, 6.45) is -1.71. The van der Waals surface area contributed by atoms with Crippen LogP contribution in [0.25, 0.3) is 0 Å². The molecule has 1 aliphatic rings. The Balaban J connectivity index is 1.95. The Morgan fingerprint density at radius 2 is 1.90 bits per heavy atom. The van der Waals surface area contributed by atoms with Gasteiger partial charge in [-0.25, -0.2) is 13.1 Å². The molecule has 0 amide bonds. The van der Waals surface area contributed by atoms with Crippen LogP contribution in [0.2, 0.25) is 0 Å². The topological polar surface area (TPSA) is 58.2 Å². The van der Waals surface area contributed by atoms with Gasteiger partial charge in [0.1, 0.15) is 0 Å². The van der Waals surface area contributed by atoms with Crippen LogP contribution in [0, 0.1) is 0 Å². The van der Waals surface area contributed by atoms with Gasteiger partial charge < -0.3 is 5.32 Å². The Morgan fingerprint density at radius 3 is 2.43 bits per heavy atom. The van der Waals surface area contributed by atoms with E-state index < -0.39 is 21.8 Å². The van der Waals surface area contributed by atoms with Gasteiger partial charge in [0.2, 0.25) is 10.0 Å². The van der Waals surface area contributed by atoms with Crippen molar-refractivity contribution in [3.63, 3.8) is 0 Å². The molecule has 0 aliphatic carbocycles. The van der Waals surface area contributed by atoms with Gasteiger partial charge in [0, 0.05) is 12.6 Å². The minimum atomic E-state index is -4.47. The number of sulfonamides is 1. The highest BCUT2D eigenvalue weighted by atomic mass is 32.2. The van der Waals surface area contributed by atoms with Crippen molar-refractivity contribution in [1.82, 2.24) is 10.0 Å². The van der Waals surface area contributed by atoms with Crippen molar-refractivity contribution >= 4 is 10.0 Å². The van der Waals surface area contributed by atoms with Gasteiger partial charge >= 0.3 is 6.18 Å². The van der Waals surface area contributed by atoms with Crippen LogP contribution in [0.1, 0.15) is 24.8 Å². The maximum absolute atomic E-state index is 12.4. The zero-order chi connectivity index (χ0) is 15.5. The lowest BCUT2D eigenvalue weighted by Crippen LogP contribution is -2.30. The van der Waals surface area contributed by atoms with Gasteiger partial charge in [0.25, 0.3) is 0 Å². The van der Waals surface area contributed by atoms with Crippen molar-refractivity contribution < 1.29 is 21.6 Å². The molecule has 21 heavy (non-hydrogen) atoms. The quantitative estimate of drug-likeness (QED) is 0.873. The van der Waals surface area contributed by atoms with E-state index in [0.29, 0.717) is 12.5 Å². The molecule has 0 bridgehead atoms. The predicted octanol–water partition coefficient (Wildman–Crippen LogP) is 2.13. The van der Waals surface area contributed by atoms with Gasteiger partial charge in [-0.05, 0) is 50.1 Å². The van der Waals surface area contributed by atoms with E-state index in [1.54, 1.807) is 0 Å². The molecule has 0 unspecified atom stereocenters. The monoisotopic (exact) mass is 322 g/mol. The molecule has 0 saturated carbocycles.